The quantitative estimate of drug-likeness (QED) is 0.699. The normalized spacial score (nSPS) is 12.2. The predicted octanol–water partition coefficient (Wildman–Crippen LogP) is 0.919. The number of carbonyl (C=O) groups is 1. The van der Waals surface area contributed by atoms with Gasteiger partial charge in [0, 0.05) is 18.5 Å². The average molecular weight is 301 g/mol. The van der Waals surface area contributed by atoms with Gasteiger partial charge in [0.15, 0.2) is 11.5 Å². The van der Waals surface area contributed by atoms with Gasteiger partial charge in [0.1, 0.15) is 18.7 Å². The standard InChI is InChI=1S/C13H15N7O2/c1-2-10(12-14-8-15-18-12)17-13(21)11-6-9(22-19-11)7-20-5-3-4-16-20/h3-6,8,10H,2,7H2,1H3,(H,17,21)(H,14,15,18). The minimum Gasteiger partial charge on any atom is -0.359 e. The van der Waals surface area contributed by atoms with Crippen LogP contribution in [-0.4, -0.2) is 36.0 Å². The highest BCUT2D eigenvalue weighted by atomic mass is 16.5. The second-order valence-electron chi connectivity index (χ2n) is 4.69. The second kappa shape index (κ2) is 6.20. The van der Waals surface area contributed by atoms with Crippen molar-refractivity contribution in [3.05, 3.63) is 48.1 Å². The van der Waals surface area contributed by atoms with Crippen LogP contribution in [0.3, 0.4) is 0 Å². The molecule has 1 atom stereocenters. The van der Waals surface area contributed by atoms with Crippen LogP contribution in [0.15, 0.2) is 35.4 Å². The summed E-state index contributed by atoms with van der Waals surface area (Å²) in [4.78, 5) is 16.3. The van der Waals surface area contributed by atoms with Crippen molar-refractivity contribution in [3.63, 3.8) is 0 Å². The third-order valence-electron chi connectivity index (χ3n) is 3.15. The summed E-state index contributed by atoms with van der Waals surface area (Å²) in [5.74, 6) is 0.844. The molecule has 1 amide bonds. The highest BCUT2D eigenvalue weighted by Gasteiger charge is 2.19. The molecule has 114 valence electrons. The number of aromatic nitrogens is 6. The predicted molar refractivity (Wildman–Crippen MR) is 74.7 cm³/mol. The number of carbonyl (C=O) groups excluding carboxylic acids is 1. The minimum absolute atomic E-state index is 0.222. The van der Waals surface area contributed by atoms with Gasteiger partial charge < -0.3 is 9.84 Å². The van der Waals surface area contributed by atoms with Crippen LogP contribution in [0.1, 0.15) is 41.5 Å². The first-order chi connectivity index (χ1) is 10.8. The Morgan fingerprint density at radius 1 is 1.55 bits per heavy atom. The molecular formula is C13H15N7O2. The van der Waals surface area contributed by atoms with E-state index in [1.54, 1.807) is 23.1 Å². The van der Waals surface area contributed by atoms with Crippen LogP contribution >= 0.6 is 0 Å². The SMILES string of the molecule is CCC(NC(=O)c1cc(Cn2cccn2)on1)c1ncn[nH]1. The molecule has 0 radical (unpaired) electrons. The van der Waals surface area contributed by atoms with Crippen molar-refractivity contribution in [2.75, 3.05) is 0 Å². The molecule has 0 bridgehead atoms. The second-order valence-corrected chi connectivity index (χ2v) is 4.69. The van der Waals surface area contributed by atoms with E-state index in [1.807, 2.05) is 13.0 Å². The van der Waals surface area contributed by atoms with Gasteiger partial charge >= 0.3 is 0 Å². The zero-order valence-electron chi connectivity index (χ0n) is 11.9. The molecule has 0 aromatic carbocycles. The Kier molecular flexibility index (Phi) is 3.95. The van der Waals surface area contributed by atoms with E-state index in [-0.39, 0.29) is 17.6 Å². The number of nitrogens with one attached hydrogen (secondary N) is 2. The summed E-state index contributed by atoms with van der Waals surface area (Å²) in [6, 6.07) is 3.17. The maximum Gasteiger partial charge on any atom is 0.274 e. The van der Waals surface area contributed by atoms with Crippen LogP contribution < -0.4 is 5.32 Å². The molecule has 9 heteroatoms. The van der Waals surface area contributed by atoms with Gasteiger partial charge in [-0.2, -0.15) is 10.2 Å². The van der Waals surface area contributed by atoms with Crippen molar-refractivity contribution in [2.24, 2.45) is 0 Å². The molecule has 3 aromatic rings. The summed E-state index contributed by atoms with van der Waals surface area (Å²) < 4.78 is 6.84. The topological polar surface area (TPSA) is 115 Å². The molecule has 1 unspecified atom stereocenters. The minimum atomic E-state index is -0.321. The lowest BCUT2D eigenvalue weighted by Gasteiger charge is -2.12. The first kappa shape index (κ1) is 14.0. The van der Waals surface area contributed by atoms with Crippen molar-refractivity contribution in [1.29, 1.82) is 0 Å². The molecule has 0 aliphatic carbocycles. The molecule has 22 heavy (non-hydrogen) atoms. The number of hydrogen-bond acceptors (Lipinski definition) is 6. The van der Waals surface area contributed by atoms with Crippen molar-refractivity contribution in [3.8, 4) is 0 Å². The summed E-state index contributed by atoms with van der Waals surface area (Å²) in [5, 5.41) is 17.2. The van der Waals surface area contributed by atoms with E-state index in [0.717, 1.165) is 0 Å². The van der Waals surface area contributed by atoms with Crippen LogP contribution in [0.5, 0.6) is 0 Å². The van der Waals surface area contributed by atoms with Gasteiger partial charge in [0.25, 0.3) is 5.91 Å². The summed E-state index contributed by atoms with van der Waals surface area (Å²) in [6.07, 6.45) is 5.56. The third kappa shape index (κ3) is 3.03. The fourth-order valence-electron chi connectivity index (χ4n) is 2.03. The highest BCUT2D eigenvalue weighted by Crippen LogP contribution is 2.12. The fourth-order valence-corrected chi connectivity index (χ4v) is 2.03. The maximum absolute atomic E-state index is 12.2. The van der Waals surface area contributed by atoms with E-state index < -0.39 is 0 Å². The zero-order chi connectivity index (χ0) is 15.4. The Bertz CT molecular complexity index is 718. The molecular weight excluding hydrogens is 286 g/mol. The van der Waals surface area contributed by atoms with Gasteiger partial charge in [-0.1, -0.05) is 12.1 Å². The van der Waals surface area contributed by atoms with E-state index in [2.05, 4.69) is 30.8 Å². The van der Waals surface area contributed by atoms with Gasteiger partial charge in [0.05, 0.1) is 6.04 Å². The summed E-state index contributed by atoms with van der Waals surface area (Å²) >= 11 is 0. The van der Waals surface area contributed by atoms with E-state index in [1.165, 1.54) is 6.33 Å². The van der Waals surface area contributed by atoms with Crippen molar-refractivity contribution in [1.82, 2.24) is 35.4 Å². The molecule has 0 saturated carbocycles. The Morgan fingerprint density at radius 2 is 2.45 bits per heavy atom. The smallest absolute Gasteiger partial charge is 0.274 e. The van der Waals surface area contributed by atoms with Crippen LogP contribution in [0, 0.1) is 0 Å². The van der Waals surface area contributed by atoms with Crippen molar-refractivity contribution < 1.29 is 9.32 Å². The largest absolute Gasteiger partial charge is 0.359 e. The van der Waals surface area contributed by atoms with Gasteiger partial charge in [0.2, 0.25) is 0 Å². The third-order valence-corrected chi connectivity index (χ3v) is 3.15. The van der Waals surface area contributed by atoms with Gasteiger partial charge in [-0.25, -0.2) is 4.98 Å². The van der Waals surface area contributed by atoms with E-state index in [0.29, 0.717) is 24.6 Å². The lowest BCUT2D eigenvalue weighted by molar-refractivity contribution is 0.0924. The molecule has 0 aliphatic heterocycles. The summed E-state index contributed by atoms with van der Waals surface area (Å²) in [5.41, 5.74) is 0.222. The number of amides is 1. The van der Waals surface area contributed by atoms with Gasteiger partial charge in [-0.05, 0) is 12.5 Å². The molecule has 0 spiro atoms. The van der Waals surface area contributed by atoms with Crippen LogP contribution in [0.4, 0.5) is 0 Å². The molecule has 2 N–H and O–H groups in total. The maximum atomic E-state index is 12.2. The summed E-state index contributed by atoms with van der Waals surface area (Å²) in [6.45, 7) is 2.37. The Hall–Kier alpha value is -2.97. The molecule has 3 heterocycles. The van der Waals surface area contributed by atoms with Gasteiger partial charge in [-0.3, -0.25) is 14.6 Å². The Balaban J connectivity index is 1.66. The number of hydrogen-bond donors (Lipinski definition) is 2. The highest BCUT2D eigenvalue weighted by molar-refractivity contribution is 5.92. The molecule has 0 saturated heterocycles. The van der Waals surface area contributed by atoms with E-state index in [4.69, 9.17) is 4.52 Å². The molecule has 3 rings (SSSR count). The Labute approximate surface area is 125 Å². The lowest BCUT2D eigenvalue weighted by atomic mass is 10.2. The molecule has 3 aromatic heterocycles. The fraction of sp³-hybridized carbons (Fsp3) is 0.308. The monoisotopic (exact) mass is 301 g/mol. The lowest BCUT2D eigenvalue weighted by Crippen LogP contribution is -2.29. The Morgan fingerprint density at radius 3 is 3.14 bits per heavy atom. The van der Waals surface area contributed by atoms with Crippen LogP contribution in [0.2, 0.25) is 0 Å². The molecule has 9 nitrogen and oxygen atoms in total. The number of nitrogens with zero attached hydrogens (tertiary/aromatic N) is 5. The first-order valence-corrected chi connectivity index (χ1v) is 6.85. The van der Waals surface area contributed by atoms with Crippen molar-refractivity contribution in [2.45, 2.75) is 25.9 Å². The van der Waals surface area contributed by atoms with E-state index >= 15 is 0 Å². The first-order valence-electron chi connectivity index (χ1n) is 6.85. The van der Waals surface area contributed by atoms with E-state index in [9.17, 15) is 4.79 Å². The number of H-pyrrole nitrogens is 1. The number of aromatic amines is 1. The molecule has 0 aliphatic rings. The van der Waals surface area contributed by atoms with Crippen LogP contribution in [0.25, 0.3) is 0 Å². The molecule has 0 fully saturated rings. The van der Waals surface area contributed by atoms with Gasteiger partial charge in [-0.15, -0.1) is 0 Å². The summed E-state index contributed by atoms with van der Waals surface area (Å²) in [7, 11) is 0. The van der Waals surface area contributed by atoms with Crippen molar-refractivity contribution >= 4 is 5.91 Å². The number of rotatable bonds is 6. The zero-order valence-corrected chi connectivity index (χ0v) is 11.9. The van der Waals surface area contributed by atoms with Crippen LogP contribution in [-0.2, 0) is 6.54 Å². The average Bonchev–Trinajstić information content (AvgIpc) is 3.26.